The Balaban J connectivity index is 1.86. The zero-order valence-electron chi connectivity index (χ0n) is 14.9. The molecule has 0 amide bonds. The Labute approximate surface area is 148 Å². The molecule has 4 nitrogen and oxygen atoms in total. The van der Waals surface area contributed by atoms with Crippen LogP contribution >= 0.6 is 0 Å². The summed E-state index contributed by atoms with van der Waals surface area (Å²) in [7, 11) is 5.77. The minimum atomic E-state index is -0.109. The standard InChI is InChI=1S/C21H23NO3/c1-22(2)12-14-11-18-15-6-4-5-7-16(15)20(23)17-9-8-13(24-3)10-19(17)21(18)25-14/h4-10,14,18,21H,11-12H2,1-3H3/t14?,18-,21+/m1/s1. The zero-order chi connectivity index (χ0) is 17.6. The number of nitrogens with zero attached hydrogens (tertiary/aromatic N) is 1. The molecule has 1 unspecified atom stereocenters. The van der Waals surface area contributed by atoms with Gasteiger partial charge in [0, 0.05) is 23.6 Å². The maximum atomic E-state index is 13.1. The quantitative estimate of drug-likeness (QED) is 0.860. The molecule has 0 aromatic heterocycles. The van der Waals surface area contributed by atoms with Gasteiger partial charge in [-0.25, -0.2) is 0 Å². The summed E-state index contributed by atoms with van der Waals surface area (Å²) >= 11 is 0. The van der Waals surface area contributed by atoms with Crippen molar-refractivity contribution in [1.29, 1.82) is 0 Å². The predicted molar refractivity (Wildman–Crippen MR) is 96.4 cm³/mol. The van der Waals surface area contributed by atoms with Gasteiger partial charge in [0.15, 0.2) is 5.78 Å². The molecule has 1 aliphatic heterocycles. The number of ketones is 1. The van der Waals surface area contributed by atoms with Gasteiger partial charge in [0.05, 0.1) is 19.3 Å². The number of carbonyl (C=O) groups is 1. The van der Waals surface area contributed by atoms with Crippen molar-refractivity contribution in [3.8, 4) is 5.75 Å². The molecule has 0 radical (unpaired) electrons. The molecule has 1 fully saturated rings. The lowest BCUT2D eigenvalue weighted by Crippen LogP contribution is -2.25. The highest BCUT2D eigenvalue weighted by atomic mass is 16.5. The molecule has 0 N–H and O–H groups in total. The molecule has 2 aliphatic rings. The summed E-state index contributed by atoms with van der Waals surface area (Å²) in [4.78, 5) is 15.3. The Morgan fingerprint density at radius 3 is 2.64 bits per heavy atom. The van der Waals surface area contributed by atoms with E-state index in [9.17, 15) is 4.79 Å². The van der Waals surface area contributed by atoms with Gasteiger partial charge in [0.25, 0.3) is 0 Å². The molecule has 2 aromatic rings. The van der Waals surface area contributed by atoms with E-state index in [0.717, 1.165) is 41.0 Å². The topological polar surface area (TPSA) is 38.8 Å². The van der Waals surface area contributed by atoms with E-state index < -0.39 is 0 Å². The summed E-state index contributed by atoms with van der Waals surface area (Å²) in [6, 6.07) is 13.7. The van der Waals surface area contributed by atoms with Gasteiger partial charge >= 0.3 is 0 Å². The van der Waals surface area contributed by atoms with Gasteiger partial charge in [-0.1, -0.05) is 24.3 Å². The van der Waals surface area contributed by atoms with Crippen molar-refractivity contribution in [2.24, 2.45) is 0 Å². The number of fused-ring (bicyclic) bond motifs is 5. The van der Waals surface area contributed by atoms with Crippen LogP contribution in [0.1, 0.15) is 45.5 Å². The van der Waals surface area contributed by atoms with E-state index in [2.05, 4.69) is 25.1 Å². The number of hydrogen-bond acceptors (Lipinski definition) is 4. The number of rotatable bonds is 3. The van der Waals surface area contributed by atoms with E-state index in [1.54, 1.807) is 7.11 Å². The van der Waals surface area contributed by atoms with Gasteiger partial charge in [0.1, 0.15) is 5.75 Å². The molecule has 25 heavy (non-hydrogen) atoms. The van der Waals surface area contributed by atoms with Crippen LogP contribution < -0.4 is 4.74 Å². The molecule has 1 heterocycles. The van der Waals surface area contributed by atoms with Crippen molar-refractivity contribution in [1.82, 2.24) is 4.90 Å². The van der Waals surface area contributed by atoms with Crippen LogP contribution in [0.2, 0.25) is 0 Å². The first kappa shape index (κ1) is 16.3. The van der Waals surface area contributed by atoms with Crippen molar-refractivity contribution in [2.45, 2.75) is 24.5 Å². The summed E-state index contributed by atoms with van der Waals surface area (Å²) in [5.41, 5.74) is 3.59. The van der Waals surface area contributed by atoms with Crippen molar-refractivity contribution >= 4 is 5.78 Å². The Morgan fingerprint density at radius 2 is 1.88 bits per heavy atom. The average Bonchev–Trinajstić information content (AvgIpc) is 2.99. The Bertz CT molecular complexity index is 815. The Morgan fingerprint density at radius 1 is 1.12 bits per heavy atom. The van der Waals surface area contributed by atoms with Gasteiger partial charge in [-0.05, 0) is 49.8 Å². The Kier molecular flexibility index (Phi) is 4.10. The summed E-state index contributed by atoms with van der Waals surface area (Å²) in [5.74, 6) is 1.03. The van der Waals surface area contributed by atoms with E-state index in [1.165, 1.54) is 0 Å². The largest absolute Gasteiger partial charge is 0.497 e. The van der Waals surface area contributed by atoms with E-state index in [0.29, 0.717) is 0 Å². The second kappa shape index (κ2) is 6.28. The monoisotopic (exact) mass is 337 g/mol. The van der Waals surface area contributed by atoms with Crippen LogP contribution in [-0.2, 0) is 4.74 Å². The highest BCUT2D eigenvalue weighted by molar-refractivity contribution is 6.11. The van der Waals surface area contributed by atoms with Crippen LogP contribution in [0, 0.1) is 0 Å². The van der Waals surface area contributed by atoms with Gasteiger partial charge in [-0.3, -0.25) is 4.79 Å². The normalized spacial score (nSPS) is 24.5. The van der Waals surface area contributed by atoms with E-state index in [1.807, 2.05) is 36.4 Å². The summed E-state index contributed by atoms with van der Waals surface area (Å²) in [6.45, 7) is 0.877. The molecule has 3 atom stereocenters. The fourth-order valence-corrected chi connectivity index (χ4v) is 4.15. The van der Waals surface area contributed by atoms with Gasteiger partial charge in [0.2, 0.25) is 0 Å². The predicted octanol–water partition coefficient (Wildman–Crippen LogP) is 3.42. The van der Waals surface area contributed by atoms with Gasteiger partial charge in [-0.15, -0.1) is 0 Å². The zero-order valence-corrected chi connectivity index (χ0v) is 14.9. The Hall–Kier alpha value is -2.17. The third kappa shape index (κ3) is 2.75. The SMILES string of the molecule is COc1ccc2c(c1)[C@H]1OC(CN(C)C)C[C@@H]1c1ccccc1C2=O. The number of methoxy groups -OCH3 is 1. The third-order valence-corrected chi connectivity index (χ3v) is 5.20. The molecular weight excluding hydrogens is 314 g/mol. The van der Waals surface area contributed by atoms with Gasteiger partial charge in [-0.2, -0.15) is 0 Å². The number of benzene rings is 2. The molecule has 4 rings (SSSR count). The van der Waals surface area contributed by atoms with Gasteiger partial charge < -0.3 is 14.4 Å². The molecule has 4 heteroatoms. The van der Waals surface area contributed by atoms with E-state index >= 15 is 0 Å². The first-order valence-corrected chi connectivity index (χ1v) is 8.70. The average molecular weight is 337 g/mol. The van der Waals surface area contributed by atoms with Crippen LogP contribution in [0.3, 0.4) is 0 Å². The molecular formula is C21H23NO3. The third-order valence-electron chi connectivity index (χ3n) is 5.20. The molecule has 2 aromatic carbocycles. The fourth-order valence-electron chi connectivity index (χ4n) is 4.15. The van der Waals surface area contributed by atoms with Crippen molar-refractivity contribution in [2.75, 3.05) is 27.7 Å². The molecule has 1 aliphatic carbocycles. The first-order valence-electron chi connectivity index (χ1n) is 8.70. The lowest BCUT2D eigenvalue weighted by atomic mass is 9.87. The van der Waals surface area contributed by atoms with E-state index in [-0.39, 0.29) is 23.9 Å². The van der Waals surface area contributed by atoms with E-state index in [4.69, 9.17) is 9.47 Å². The number of likely N-dealkylation sites (N-methyl/N-ethyl adjacent to an activating group) is 1. The molecule has 0 bridgehead atoms. The fraction of sp³-hybridized carbons (Fsp3) is 0.381. The minimum absolute atomic E-state index is 0.0791. The molecule has 0 saturated carbocycles. The first-order chi connectivity index (χ1) is 12.1. The lowest BCUT2D eigenvalue weighted by molar-refractivity contribution is 0.0270. The lowest BCUT2D eigenvalue weighted by Gasteiger charge is -2.20. The minimum Gasteiger partial charge on any atom is -0.497 e. The molecule has 0 spiro atoms. The van der Waals surface area contributed by atoms with Crippen molar-refractivity contribution in [3.05, 3.63) is 64.7 Å². The van der Waals surface area contributed by atoms with Crippen LogP contribution in [0.4, 0.5) is 0 Å². The van der Waals surface area contributed by atoms with Crippen molar-refractivity contribution in [3.63, 3.8) is 0 Å². The summed E-state index contributed by atoms with van der Waals surface area (Å²) in [5, 5.41) is 0. The van der Waals surface area contributed by atoms with Crippen molar-refractivity contribution < 1.29 is 14.3 Å². The summed E-state index contributed by atoms with van der Waals surface area (Å²) in [6.07, 6.45) is 0.969. The highest BCUT2D eigenvalue weighted by Crippen LogP contribution is 2.49. The maximum Gasteiger partial charge on any atom is 0.193 e. The smallest absolute Gasteiger partial charge is 0.193 e. The van der Waals surface area contributed by atoms with Crippen LogP contribution in [-0.4, -0.2) is 44.5 Å². The second-order valence-electron chi connectivity index (χ2n) is 7.15. The number of carbonyl (C=O) groups excluding carboxylic acids is 1. The molecule has 130 valence electrons. The maximum absolute atomic E-state index is 13.1. The molecule has 1 saturated heterocycles. The number of hydrogen-bond donors (Lipinski definition) is 0. The summed E-state index contributed by atoms with van der Waals surface area (Å²) < 4.78 is 11.8. The van der Waals surface area contributed by atoms with Crippen LogP contribution in [0.25, 0.3) is 0 Å². The second-order valence-corrected chi connectivity index (χ2v) is 7.15. The highest BCUT2D eigenvalue weighted by Gasteiger charge is 2.42. The van der Waals surface area contributed by atoms with Crippen LogP contribution in [0.5, 0.6) is 5.75 Å². The van der Waals surface area contributed by atoms with Crippen LogP contribution in [0.15, 0.2) is 42.5 Å². The number of ether oxygens (including phenoxy) is 2.